The van der Waals surface area contributed by atoms with Crippen molar-refractivity contribution in [3.05, 3.63) is 23.0 Å². The van der Waals surface area contributed by atoms with Gasteiger partial charge in [0.05, 0.1) is 18.4 Å². The minimum atomic E-state index is -1.41. The van der Waals surface area contributed by atoms with Gasteiger partial charge in [-0.25, -0.2) is 14.8 Å². The average Bonchev–Trinajstić information content (AvgIpc) is 2.89. The maximum atomic E-state index is 12.1. The van der Waals surface area contributed by atoms with Gasteiger partial charge in [-0.3, -0.25) is 0 Å². The minimum Gasteiger partial charge on any atom is -0.465 e. The predicted molar refractivity (Wildman–Crippen MR) is 76.4 cm³/mol. The largest absolute Gasteiger partial charge is 0.465 e. The summed E-state index contributed by atoms with van der Waals surface area (Å²) >= 11 is 1.55. The molecule has 2 aromatic heterocycles. The molecule has 0 aliphatic carbocycles. The van der Waals surface area contributed by atoms with Gasteiger partial charge in [0, 0.05) is 10.3 Å². The number of aryl methyl sites for hydroxylation is 1. The van der Waals surface area contributed by atoms with Crippen molar-refractivity contribution < 1.29 is 9.53 Å². The highest BCUT2D eigenvalue weighted by Crippen LogP contribution is 2.33. The van der Waals surface area contributed by atoms with Crippen molar-refractivity contribution in [2.24, 2.45) is 0 Å². The van der Waals surface area contributed by atoms with Crippen LogP contribution in [0, 0.1) is 11.3 Å². The molecule has 0 spiro atoms. The molecule has 0 aliphatic heterocycles. The summed E-state index contributed by atoms with van der Waals surface area (Å²) in [6.07, 6.45) is 2.27. The zero-order valence-electron chi connectivity index (χ0n) is 11.6. The fourth-order valence-corrected chi connectivity index (χ4v) is 2.88. The van der Waals surface area contributed by atoms with Gasteiger partial charge in [0.25, 0.3) is 0 Å². The van der Waals surface area contributed by atoms with Crippen molar-refractivity contribution in [3.63, 3.8) is 0 Å². The summed E-state index contributed by atoms with van der Waals surface area (Å²) in [6.45, 7) is 5.53. The van der Waals surface area contributed by atoms with Gasteiger partial charge >= 0.3 is 5.97 Å². The number of hydrogen-bond donors (Lipinski definition) is 0. The number of aromatic nitrogens is 2. The Bertz CT molecular complexity index is 689. The van der Waals surface area contributed by atoms with Crippen molar-refractivity contribution in [3.8, 4) is 6.07 Å². The van der Waals surface area contributed by atoms with Crippen LogP contribution in [0.25, 0.3) is 10.2 Å². The number of ether oxygens (including phenoxy) is 1. The summed E-state index contributed by atoms with van der Waals surface area (Å²) in [7, 11) is 0. The molecule has 20 heavy (non-hydrogen) atoms. The Morgan fingerprint density at radius 2 is 2.25 bits per heavy atom. The first-order valence-corrected chi connectivity index (χ1v) is 7.20. The number of thiophene rings is 1. The van der Waals surface area contributed by atoms with E-state index in [4.69, 9.17) is 4.74 Å². The summed E-state index contributed by atoms with van der Waals surface area (Å²) in [6, 6.07) is 3.99. The molecule has 0 N–H and O–H groups in total. The normalized spacial score (nSPS) is 13.7. The van der Waals surface area contributed by atoms with Crippen LogP contribution in [0.3, 0.4) is 0 Å². The Balaban J connectivity index is 2.63. The fourth-order valence-electron chi connectivity index (χ4n) is 1.95. The highest BCUT2D eigenvalue weighted by Gasteiger charge is 2.40. The number of nitriles is 1. The topological polar surface area (TPSA) is 75.9 Å². The summed E-state index contributed by atoms with van der Waals surface area (Å²) in [5, 5.41) is 10.2. The molecule has 0 radical (unpaired) electrons. The third-order valence-corrected chi connectivity index (χ3v) is 4.30. The molecule has 0 fully saturated rings. The summed E-state index contributed by atoms with van der Waals surface area (Å²) in [5.74, 6) is -0.577. The van der Waals surface area contributed by atoms with Crippen LogP contribution in [0.1, 0.15) is 31.3 Å². The van der Waals surface area contributed by atoms with Crippen LogP contribution in [-0.4, -0.2) is 22.5 Å². The van der Waals surface area contributed by atoms with Crippen LogP contribution < -0.4 is 0 Å². The zero-order valence-corrected chi connectivity index (χ0v) is 12.5. The van der Waals surface area contributed by atoms with Crippen LogP contribution in [0.2, 0.25) is 0 Å². The summed E-state index contributed by atoms with van der Waals surface area (Å²) < 4.78 is 5.02. The number of fused-ring (bicyclic) bond motifs is 1. The van der Waals surface area contributed by atoms with Crippen LogP contribution in [0.4, 0.5) is 0 Å². The minimum absolute atomic E-state index is 0.230. The van der Waals surface area contributed by atoms with Gasteiger partial charge in [0.2, 0.25) is 0 Å². The van der Waals surface area contributed by atoms with Gasteiger partial charge in [0.15, 0.2) is 5.41 Å². The van der Waals surface area contributed by atoms with E-state index in [0.717, 1.165) is 21.5 Å². The smallest absolute Gasteiger partial charge is 0.332 e. The van der Waals surface area contributed by atoms with E-state index < -0.39 is 11.4 Å². The molecular weight excluding hydrogens is 274 g/mol. The molecular formula is C14H15N3O2S. The standard InChI is InChI=1S/C14H15N3O2S/c1-4-9-6-10-11(16-8-17-12(10)20-9)14(3,7-15)13(18)19-5-2/h6,8H,4-5H2,1-3H3. The highest BCUT2D eigenvalue weighted by atomic mass is 32.1. The molecule has 1 unspecified atom stereocenters. The van der Waals surface area contributed by atoms with Crippen LogP contribution >= 0.6 is 11.3 Å². The van der Waals surface area contributed by atoms with Gasteiger partial charge in [-0.2, -0.15) is 5.26 Å². The van der Waals surface area contributed by atoms with Gasteiger partial charge in [-0.1, -0.05) is 6.92 Å². The van der Waals surface area contributed by atoms with Crippen LogP contribution in [0.15, 0.2) is 12.4 Å². The maximum absolute atomic E-state index is 12.1. The first kappa shape index (κ1) is 14.4. The van der Waals surface area contributed by atoms with Crippen molar-refractivity contribution >= 4 is 27.5 Å². The number of carbonyl (C=O) groups excluding carboxylic acids is 1. The van der Waals surface area contributed by atoms with Crippen molar-refractivity contribution in [1.29, 1.82) is 5.26 Å². The number of hydrogen-bond acceptors (Lipinski definition) is 6. The third kappa shape index (κ3) is 2.25. The first-order chi connectivity index (χ1) is 9.56. The first-order valence-electron chi connectivity index (χ1n) is 6.39. The molecule has 2 aromatic rings. The Hall–Kier alpha value is -2.00. The molecule has 0 aromatic carbocycles. The quantitative estimate of drug-likeness (QED) is 0.809. The SMILES string of the molecule is CCOC(=O)C(C)(C#N)c1ncnc2sc(CC)cc12. The molecule has 0 saturated heterocycles. The Morgan fingerprint density at radius 3 is 2.85 bits per heavy atom. The third-order valence-electron chi connectivity index (χ3n) is 3.11. The van der Waals surface area contributed by atoms with Crippen LogP contribution in [-0.2, 0) is 21.4 Å². The van der Waals surface area contributed by atoms with E-state index in [1.807, 2.05) is 19.1 Å². The van der Waals surface area contributed by atoms with E-state index in [0.29, 0.717) is 5.69 Å². The molecule has 0 bridgehead atoms. The van der Waals surface area contributed by atoms with E-state index in [9.17, 15) is 10.1 Å². The van der Waals surface area contributed by atoms with Crippen molar-refractivity contribution in [1.82, 2.24) is 9.97 Å². The van der Waals surface area contributed by atoms with Gasteiger partial charge in [0.1, 0.15) is 11.2 Å². The lowest BCUT2D eigenvalue weighted by Crippen LogP contribution is -2.34. The Kier molecular flexibility index (Phi) is 4.00. The number of rotatable bonds is 4. The van der Waals surface area contributed by atoms with E-state index >= 15 is 0 Å². The van der Waals surface area contributed by atoms with Crippen LogP contribution in [0.5, 0.6) is 0 Å². The Morgan fingerprint density at radius 1 is 1.50 bits per heavy atom. The maximum Gasteiger partial charge on any atom is 0.332 e. The number of esters is 1. The highest BCUT2D eigenvalue weighted by molar-refractivity contribution is 7.18. The summed E-state index contributed by atoms with van der Waals surface area (Å²) in [5.41, 5.74) is -0.997. The van der Waals surface area contributed by atoms with E-state index in [-0.39, 0.29) is 6.61 Å². The average molecular weight is 289 g/mol. The predicted octanol–water partition coefficient (Wildman–Crippen LogP) is 2.60. The van der Waals surface area contributed by atoms with Gasteiger partial charge in [-0.15, -0.1) is 11.3 Å². The van der Waals surface area contributed by atoms with E-state index in [1.54, 1.807) is 18.3 Å². The lowest BCUT2D eigenvalue weighted by atomic mass is 9.86. The monoisotopic (exact) mass is 289 g/mol. The lowest BCUT2D eigenvalue weighted by Gasteiger charge is -2.19. The lowest BCUT2D eigenvalue weighted by molar-refractivity contribution is -0.147. The number of carbonyl (C=O) groups is 1. The van der Waals surface area contributed by atoms with Crippen molar-refractivity contribution in [2.75, 3.05) is 6.61 Å². The van der Waals surface area contributed by atoms with Crippen molar-refractivity contribution in [2.45, 2.75) is 32.6 Å². The second-order valence-electron chi connectivity index (χ2n) is 4.46. The second kappa shape index (κ2) is 5.55. The molecule has 1 atom stereocenters. The molecule has 0 aliphatic rings. The van der Waals surface area contributed by atoms with E-state index in [1.165, 1.54) is 13.3 Å². The summed E-state index contributed by atoms with van der Waals surface area (Å²) in [4.78, 5) is 22.4. The molecule has 6 heteroatoms. The van der Waals surface area contributed by atoms with Gasteiger partial charge < -0.3 is 4.74 Å². The number of nitrogens with zero attached hydrogens (tertiary/aromatic N) is 3. The molecule has 0 amide bonds. The molecule has 104 valence electrons. The van der Waals surface area contributed by atoms with E-state index in [2.05, 4.69) is 9.97 Å². The molecule has 2 rings (SSSR count). The zero-order chi connectivity index (χ0) is 14.8. The molecule has 5 nitrogen and oxygen atoms in total. The second-order valence-corrected chi connectivity index (χ2v) is 5.58. The fraction of sp³-hybridized carbons (Fsp3) is 0.429. The molecule has 0 saturated carbocycles. The Labute approximate surface area is 121 Å². The molecule has 2 heterocycles. The van der Waals surface area contributed by atoms with Gasteiger partial charge in [-0.05, 0) is 26.3 Å².